The first-order valence-corrected chi connectivity index (χ1v) is 9.56. The molecule has 152 valence electrons. The van der Waals surface area contributed by atoms with Crippen LogP contribution in [0.2, 0.25) is 5.02 Å². The average Bonchev–Trinajstić information content (AvgIpc) is 2.75. The summed E-state index contributed by atoms with van der Waals surface area (Å²) >= 11 is 5.80. The van der Waals surface area contributed by atoms with Crippen molar-refractivity contribution in [1.29, 1.82) is 0 Å². The van der Waals surface area contributed by atoms with Crippen molar-refractivity contribution >= 4 is 35.3 Å². The zero-order valence-corrected chi connectivity index (χ0v) is 17.0. The summed E-state index contributed by atoms with van der Waals surface area (Å²) < 4.78 is 5.49. The summed E-state index contributed by atoms with van der Waals surface area (Å²) in [5.74, 6) is -0.0201. The first kappa shape index (κ1) is 21.1. The second-order valence-electron chi connectivity index (χ2n) is 6.48. The number of anilines is 1. The van der Waals surface area contributed by atoms with Crippen molar-refractivity contribution in [2.24, 2.45) is 5.10 Å². The second kappa shape index (κ2) is 10.2. The van der Waals surface area contributed by atoms with Crippen molar-refractivity contribution < 1.29 is 14.3 Å². The molecule has 0 heterocycles. The number of halogens is 1. The largest absolute Gasteiger partial charge is 0.484 e. The SMILES string of the molecule is Cc1ccc(NC(=O)COc2ccc(/C=N\NC(=O)c3ccc(Cl)cc3)cc2)cc1. The van der Waals surface area contributed by atoms with Gasteiger partial charge in [-0.05, 0) is 73.2 Å². The van der Waals surface area contributed by atoms with Gasteiger partial charge in [0.05, 0.1) is 6.21 Å². The van der Waals surface area contributed by atoms with Crippen molar-refractivity contribution in [2.75, 3.05) is 11.9 Å². The highest BCUT2D eigenvalue weighted by molar-refractivity contribution is 6.30. The lowest BCUT2D eigenvalue weighted by atomic mass is 10.2. The van der Waals surface area contributed by atoms with E-state index in [4.69, 9.17) is 16.3 Å². The van der Waals surface area contributed by atoms with Crippen LogP contribution in [0.5, 0.6) is 5.75 Å². The van der Waals surface area contributed by atoms with Crippen molar-refractivity contribution in [2.45, 2.75) is 6.92 Å². The number of aryl methyl sites for hydroxylation is 1. The van der Waals surface area contributed by atoms with Crippen LogP contribution in [0.25, 0.3) is 0 Å². The normalized spacial score (nSPS) is 10.6. The first-order valence-electron chi connectivity index (χ1n) is 9.18. The number of carbonyl (C=O) groups excluding carboxylic acids is 2. The predicted molar refractivity (Wildman–Crippen MR) is 118 cm³/mol. The van der Waals surface area contributed by atoms with Crippen LogP contribution >= 0.6 is 11.6 Å². The van der Waals surface area contributed by atoms with Crippen LogP contribution in [0, 0.1) is 6.92 Å². The minimum absolute atomic E-state index is 0.0987. The third-order valence-corrected chi connectivity index (χ3v) is 4.32. The molecule has 6 nitrogen and oxygen atoms in total. The van der Waals surface area contributed by atoms with E-state index in [0.29, 0.717) is 16.3 Å². The molecule has 0 fully saturated rings. The Balaban J connectivity index is 1.45. The fraction of sp³-hybridized carbons (Fsp3) is 0.0870. The van der Waals surface area contributed by atoms with Gasteiger partial charge in [0.2, 0.25) is 0 Å². The molecule has 0 radical (unpaired) electrons. The molecule has 0 saturated carbocycles. The molecule has 0 aliphatic heterocycles. The van der Waals surface area contributed by atoms with Gasteiger partial charge in [-0.2, -0.15) is 5.10 Å². The van der Waals surface area contributed by atoms with Gasteiger partial charge in [-0.25, -0.2) is 5.43 Å². The van der Waals surface area contributed by atoms with E-state index >= 15 is 0 Å². The maximum Gasteiger partial charge on any atom is 0.271 e. The molecule has 30 heavy (non-hydrogen) atoms. The molecule has 3 rings (SSSR count). The van der Waals surface area contributed by atoms with Crippen LogP contribution in [0.15, 0.2) is 77.9 Å². The van der Waals surface area contributed by atoms with E-state index in [1.165, 1.54) is 6.21 Å². The van der Waals surface area contributed by atoms with E-state index in [1.807, 2.05) is 31.2 Å². The van der Waals surface area contributed by atoms with Crippen LogP contribution in [-0.2, 0) is 4.79 Å². The van der Waals surface area contributed by atoms with E-state index in [9.17, 15) is 9.59 Å². The lowest BCUT2D eigenvalue weighted by Gasteiger charge is -2.08. The third kappa shape index (κ3) is 6.46. The number of amides is 2. The van der Waals surface area contributed by atoms with Crippen molar-refractivity contribution in [1.82, 2.24) is 5.43 Å². The number of hydrogen-bond acceptors (Lipinski definition) is 4. The summed E-state index contributed by atoms with van der Waals surface area (Å²) in [6.45, 7) is 1.88. The van der Waals surface area contributed by atoms with Crippen molar-refractivity contribution in [3.8, 4) is 5.75 Å². The van der Waals surface area contributed by atoms with Gasteiger partial charge >= 0.3 is 0 Å². The number of rotatable bonds is 7. The quantitative estimate of drug-likeness (QED) is 0.437. The second-order valence-corrected chi connectivity index (χ2v) is 6.91. The van der Waals surface area contributed by atoms with Gasteiger partial charge in [0.15, 0.2) is 6.61 Å². The molecule has 2 N–H and O–H groups in total. The maximum atomic E-state index is 12.0. The van der Waals surface area contributed by atoms with Gasteiger partial charge in [0.25, 0.3) is 11.8 Å². The number of ether oxygens (including phenoxy) is 1. The molecule has 0 aromatic heterocycles. The molecule has 0 spiro atoms. The summed E-state index contributed by atoms with van der Waals surface area (Å²) in [4.78, 5) is 23.9. The van der Waals surface area contributed by atoms with Gasteiger partial charge < -0.3 is 10.1 Å². The van der Waals surface area contributed by atoms with Crippen LogP contribution in [0.1, 0.15) is 21.5 Å². The highest BCUT2D eigenvalue weighted by atomic mass is 35.5. The molecule has 3 aromatic carbocycles. The van der Waals surface area contributed by atoms with Gasteiger partial charge in [-0.15, -0.1) is 0 Å². The molecule has 3 aromatic rings. The zero-order chi connectivity index (χ0) is 21.3. The number of nitrogens with zero attached hydrogens (tertiary/aromatic N) is 1. The van der Waals surface area contributed by atoms with E-state index < -0.39 is 0 Å². The minimum atomic E-state index is -0.331. The molecule has 0 atom stereocenters. The molecular formula is C23H20ClN3O3. The minimum Gasteiger partial charge on any atom is -0.484 e. The Kier molecular flexibility index (Phi) is 7.19. The summed E-state index contributed by atoms with van der Waals surface area (Å²) in [5, 5.41) is 7.27. The van der Waals surface area contributed by atoms with Crippen molar-refractivity contribution in [3.05, 3.63) is 94.5 Å². The Morgan fingerprint density at radius 2 is 1.63 bits per heavy atom. The maximum absolute atomic E-state index is 12.0. The molecule has 0 bridgehead atoms. The summed E-state index contributed by atoms with van der Waals surface area (Å²) in [6, 6.07) is 21.0. The Labute approximate surface area is 179 Å². The Hall–Kier alpha value is -3.64. The van der Waals surface area contributed by atoms with Gasteiger partial charge in [-0.1, -0.05) is 29.3 Å². The average molecular weight is 422 g/mol. The lowest BCUT2D eigenvalue weighted by Crippen LogP contribution is -2.20. The van der Waals surface area contributed by atoms with E-state index in [-0.39, 0.29) is 18.4 Å². The van der Waals surface area contributed by atoms with Crippen molar-refractivity contribution in [3.63, 3.8) is 0 Å². The first-order chi connectivity index (χ1) is 14.5. The molecule has 0 aliphatic rings. The molecule has 7 heteroatoms. The number of benzene rings is 3. The molecule has 0 unspecified atom stereocenters. The lowest BCUT2D eigenvalue weighted by molar-refractivity contribution is -0.118. The van der Waals surface area contributed by atoms with Gasteiger partial charge in [0, 0.05) is 16.3 Å². The highest BCUT2D eigenvalue weighted by Crippen LogP contribution is 2.12. The zero-order valence-electron chi connectivity index (χ0n) is 16.3. The Morgan fingerprint density at radius 3 is 2.30 bits per heavy atom. The van der Waals surface area contributed by atoms with E-state index in [0.717, 1.165) is 16.8 Å². The molecule has 0 saturated heterocycles. The summed E-state index contributed by atoms with van der Waals surface area (Å²) in [5.41, 5.74) is 5.53. The standard InChI is InChI=1S/C23H20ClN3O3/c1-16-2-10-20(11-3-16)26-22(28)15-30-21-12-4-17(5-13-21)14-25-27-23(29)18-6-8-19(24)9-7-18/h2-14H,15H2,1H3,(H,26,28)(H,27,29)/b25-14-. The van der Waals surface area contributed by atoms with Gasteiger partial charge in [-0.3, -0.25) is 9.59 Å². The number of nitrogens with one attached hydrogen (secondary N) is 2. The fourth-order valence-corrected chi connectivity index (χ4v) is 2.59. The van der Waals surface area contributed by atoms with E-state index in [1.54, 1.807) is 48.5 Å². The monoisotopic (exact) mass is 421 g/mol. The van der Waals surface area contributed by atoms with Crippen LogP contribution in [-0.4, -0.2) is 24.6 Å². The van der Waals surface area contributed by atoms with Crippen LogP contribution in [0.4, 0.5) is 5.69 Å². The summed E-state index contributed by atoms with van der Waals surface area (Å²) in [7, 11) is 0. The number of hydrogen-bond donors (Lipinski definition) is 2. The topological polar surface area (TPSA) is 79.8 Å². The predicted octanol–water partition coefficient (Wildman–Crippen LogP) is 4.43. The smallest absolute Gasteiger partial charge is 0.271 e. The van der Waals surface area contributed by atoms with Crippen LogP contribution in [0.3, 0.4) is 0 Å². The third-order valence-electron chi connectivity index (χ3n) is 4.07. The Morgan fingerprint density at radius 1 is 0.967 bits per heavy atom. The van der Waals surface area contributed by atoms with Gasteiger partial charge in [0.1, 0.15) is 5.75 Å². The fourth-order valence-electron chi connectivity index (χ4n) is 2.46. The molecule has 0 aliphatic carbocycles. The summed E-state index contributed by atoms with van der Waals surface area (Å²) in [6.07, 6.45) is 1.52. The van der Waals surface area contributed by atoms with E-state index in [2.05, 4.69) is 15.8 Å². The number of hydrazone groups is 1. The Bertz CT molecular complexity index is 1030. The highest BCUT2D eigenvalue weighted by Gasteiger charge is 2.05. The number of carbonyl (C=O) groups is 2. The molecular weight excluding hydrogens is 402 g/mol. The molecule has 2 amide bonds. The van der Waals surface area contributed by atoms with Crippen LogP contribution < -0.4 is 15.5 Å².